The minimum atomic E-state index is -0.172. The van der Waals surface area contributed by atoms with E-state index in [0.717, 1.165) is 15.5 Å². The van der Waals surface area contributed by atoms with Crippen molar-refractivity contribution in [1.29, 1.82) is 5.41 Å². The smallest absolute Gasteiger partial charge is 0.252 e. The Morgan fingerprint density at radius 2 is 1.81 bits per heavy atom. The van der Waals surface area contributed by atoms with Gasteiger partial charge >= 0.3 is 0 Å². The number of nitrogens with zero attached hydrogens (tertiary/aromatic N) is 1. The normalized spacial score (nSPS) is 10.2. The molecule has 1 heterocycles. The molecule has 0 spiro atoms. The van der Waals surface area contributed by atoms with Crippen LogP contribution in [-0.4, -0.2) is 23.7 Å². The number of carbonyl (C=O) groups is 1. The van der Waals surface area contributed by atoms with Crippen molar-refractivity contribution in [3.05, 3.63) is 89.8 Å². The van der Waals surface area contributed by atoms with Gasteiger partial charge in [-0.05, 0) is 54.6 Å². The van der Waals surface area contributed by atoms with E-state index in [1.807, 2.05) is 50.2 Å². The first-order valence-electron chi connectivity index (χ1n) is 9.97. The molecule has 0 fully saturated rings. The molecule has 3 N–H and O–H groups in total. The first kappa shape index (κ1) is 25.2. The van der Waals surface area contributed by atoms with Gasteiger partial charge < -0.3 is 15.4 Å². The quantitative estimate of drug-likeness (QED) is 0.255. The van der Waals surface area contributed by atoms with E-state index in [9.17, 15) is 8.68 Å². The molecule has 166 valence electrons. The van der Waals surface area contributed by atoms with Gasteiger partial charge in [0.05, 0.1) is 22.7 Å². The van der Waals surface area contributed by atoms with Gasteiger partial charge in [0.1, 0.15) is 0 Å². The maximum Gasteiger partial charge on any atom is 0.252 e. The molecule has 0 saturated heterocycles. The second kappa shape index (κ2) is 13.3. The maximum atomic E-state index is 13.0. The molecule has 1 amide bonds. The largest absolute Gasteiger partial charge is 0.355 e. The standard InChI is InChI=1S/C22H19FN4OS2.C2H6/c1-25-22(28)18-7-2-3-8-21(18)29-16-10-11-17(20(14-16)27-30-23)19(24)12-9-15-6-4-5-13-26-15;1-2/h2-14,24,27H,1H3,(H,25,28);1-2H3/b12-9+,24-19?;. The van der Waals surface area contributed by atoms with Crippen molar-refractivity contribution in [3.8, 4) is 0 Å². The van der Waals surface area contributed by atoms with Crippen LogP contribution in [0.2, 0.25) is 0 Å². The van der Waals surface area contributed by atoms with E-state index in [0.29, 0.717) is 16.8 Å². The van der Waals surface area contributed by atoms with Gasteiger partial charge in [-0.3, -0.25) is 9.78 Å². The van der Waals surface area contributed by atoms with Crippen molar-refractivity contribution < 1.29 is 8.68 Å². The molecule has 0 aliphatic rings. The van der Waals surface area contributed by atoms with Crippen molar-refractivity contribution in [1.82, 2.24) is 10.3 Å². The van der Waals surface area contributed by atoms with Crippen LogP contribution in [0.5, 0.6) is 0 Å². The first-order valence-corrected chi connectivity index (χ1v) is 11.5. The Kier molecular flexibility index (Phi) is 10.5. The Bertz CT molecular complexity index is 1070. The lowest BCUT2D eigenvalue weighted by molar-refractivity contribution is 0.0960. The van der Waals surface area contributed by atoms with E-state index in [1.54, 1.807) is 49.7 Å². The monoisotopic (exact) mass is 468 g/mol. The van der Waals surface area contributed by atoms with Crippen LogP contribution in [-0.2, 0) is 0 Å². The van der Waals surface area contributed by atoms with Crippen molar-refractivity contribution in [2.45, 2.75) is 23.6 Å². The molecule has 32 heavy (non-hydrogen) atoms. The van der Waals surface area contributed by atoms with Gasteiger partial charge in [0.25, 0.3) is 5.91 Å². The molecule has 0 bridgehead atoms. The van der Waals surface area contributed by atoms with E-state index >= 15 is 0 Å². The Labute approximate surface area is 196 Å². The second-order valence-electron chi connectivity index (χ2n) is 6.07. The number of aromatic nitrogens is 1. The van der Waals surface area contributed by atoms with Gasteiger partial charge in [-0.25, -0.2) is 0 Å². The fourth-order valence-electron chi connectivity index (χ4n) is 2.69. The van der Waals surface area contributed by atoms with E-state index < -0.39 is 0 Å². The van der Waals surface area contributed by atoms with Gasteiger partial charge in [-0.1, -0.05) is 43.8 Å². The van der Waals surface area contributed by atoms with Crippen molar-refractivity contribution >= 4 is 47.5 Å². The van der Waals surface area contributed by atoms with E-state index in [-0.39, 0.29) is 24.0 Å². The number of anilines is 1. The van der Waals surface area contributed by atoms with Gasteiger partial charge in [0.15, 0.2) is 12.3 Å². The van der Waals surface area contributed by atoms with Gasteiger partial charge in [0, 0.05) is 28.6 Å². The predicted octanol–water partition coefficient (Wildman–Crippen LogP) is 6.64. The fraction of sp³-hybridized carbons (Fsp3) is 0.125. The highest BCUT2D eigenvalue weighted by Gasteiger charge is 2.13. The molecule has 2 aromatic carbocycles. The van der Waals surface area contributed by atoms with Crippen LogP contribution < -0.4 is 10.0 Å². The molecule has 8 heteroatoms. The summed E-state index contributed by atoms with van der Waals surface area (Å²) in [5.41, 5.74) is 2.54. The minimum Gasteiger partial charge on any atom is -0.355 e. The highest BCUT2D eigenvalue weighted by atomic mass is 32.2. The summed E-state index contributed by atoms with van der Waals surface area (Å²) in [4.78, 5) is 17.9. The van der Waals surface area contributed by atoms with Crippen LogP contribution in [0.4, 0.5) is 9.57 Å². The number of allylic oxidation sites excluding steroid dienone is 1. The summed E-state index contributed by atoms with van der Waals surface area (Å²) in [6, 6.07) is 18.2. The number of halogens is 1. The molecular formula is C24H25FN4OS2. The third kappa shape index (κ3) is 6.96. The highest BCUT2D eigenvalue weighted by Crippen LogP contribution is 2.34. The number of rotatable bonds is 8. The Balaban J connectivity index is 0.00000176. The number of nitrogens with one attached hydrogen (secondary N) is 3. The van der Waals surface area contributed by atoms with Crippen LogP contribution in [0, 0.1) is 5.41 Å². The zero-order valence-corrected chi connectivity index (χ0v) is 19.7. The summed E-state index contributed by atoms with van der Waals surface area (Å²) in [6.07, 6.45) is 5.04. The van der Waals surface area contributed by atoms with Gasteiger partial charge in [-0.2, -0.15) is 0 Å². The second-order valence-corrected chi connectivity index (χ2v) is 7.54. The minimum absolute atomic E-state index is 0.0290. The molecule has 3 rings (SSSR count). The van der Waals surface area contributed by atoms with Gasteiger partial charge in [0.2, 0.25) is 0 Å². The van der Waals surface area contributed by atoms with Crippen LogP contribution in [0.1, 0.15) is 35.5 Å². The Hall–Kier alpha value is -3.10. The number of carbonyl (C=O) groups excluding carboxylic acids is 1. The number of benzene rings is 2. The van der Waals surface area contributed by atoms with Crippen LogP contribution >= 0.6 is 24.1 Å². The third-order valence-electron chi connectivity index (χ3n) is 4.12. The first-order chi connectivity index (χ1) is 15.6. The zero-order chi connectivity index (χ0) is 23.3. The number of pyridine rings is 1. The predicted molar refractivity (Wildman–Crippen MR) is 134 cm³/mol. The van der Waals surface area contributed by atoms with Crippen LogP contribution in [0.3, 0.4) is 0 Å². The summed E-state index contributed by atoms with van der Waals surface area (Å²) in [5, 5.41) is 11.0. The molecule has 0 atom stereocenters. The molecule has 0 aliphatic heterocycles. The van der Waals surface area contributed by atoms with Crippen LogP contribution in [0.15, 0.2) is 82.7 Å². The molecular weight excluding hydrogens is 443 g/mol. The maximum absolute atomic E-state index is 13.0. The lowest BCUT2D eigenvalue weighted by Gasteiger charge is -2.12. The van der Waals surface area contributed by atoms with Crippen molar-refractivity contribution in [3.63, 3.8) is 0 Å². The van der Waals surface area contributed by atoms with E-state index in [4.69, 9.17) is 5.41 Å². The Morgan fingerprint density at radius 3 is 2.50 bits per heavy atom. The molecule has 0 aliphatic carbocycles. The average Bonchev–Trinajstić information content (AvgIpc) is 2.85. The highest BCUT2D eigenvalue weighted by molar-refractivity contribution is 7.99. The molecule has 3 aromatic rings. The summed E-state index contributed by atoms with van der Waals surface area (Å²) < 4.78 is 15.6. The number of hydrogen-bond donors (Lipinski definition) is 3. The fourth-order valence-corrected chi connectivity index (χ4v) is 3.92. The number of hydrogen-bond acceptors (Lipinski definition) is 6. The average molecular weight is 469 g/mol. The SMILES string of the molecule is CC.CNC(=O)c1ccccc1Sc1ccc(C(=N)/C=C/c2ccccn2)c(NSF)c1. The van der Waals surface area contributed by atoms with Gasteiger partial charge in [-0.15, -0.1) is 3.89 Å². The molecule has 0 saturated carbocycles. The summed E-state index contributed by atoms with van der Waals surface area (Å²) in [7, 11) is 1.59. The summed E-state index contributed by atoms with van der Waals surface area (Å²) in [6.45, 7) is 4.00. The lowest BCUT2D eigenvalue weighted by Crippen LogP contribution is -2.18. The molecule has 0 radical (unpaired) electrons. The molecule has 1 aromatic heterocycles. The van der Waals surface area contributed by atoms with Crippen molar-refractivity contribution in [2.24, 2.45) is 0 Å². The zero-order valence-electron chi connectivity index (χ0n) is 18.1. The lowest BCUT2D eigenvalue weighted by atomic mass is 10.1. The summed E-state index contributed by atoms with van der Waals surface area (Å²) in [5.74, 6) is -0.172. The third-order valence-corrected chi connectivity index (χ3v) is 5.49. The Morgan fingerprint density at radius 1 is 1.06 bits per heavy atom. The van der Waals surface area contributed by atoms with E-state index in [2.05, 4.69) is 15.0 Å². The van der Waals surface area contributed by atoms with Crippen LogP contribution in [0.25, 0.3) is 6.08 Å². The molecule has 0 unspecified atom stereocenters. The van der Waals surface area contributed by atoms with Crippen molar-refractivity contribution in [2.75, 3.05) is 11.8 Å². The topological polar surface area (TPSA) is 77.9 Å². The molecule has 5 nitrogen and oxygen atoms in total. The van der Waals surface area contributed by atoms with E-state index in [1.165, 1.54) is 11.8 Å². The summed E-state index contributed by atoms with van der Waals surface area (Å²) >= 11 is 1.37. The number of amides is 1.